The second kappa shape index (κ2) is 4.80. The predicted octanol–water partition coefficient (Wildman–Crippen LogP) is 2.09. The standard InChI is InChI=1S/C13H17F3N2O2/c1-9-10-4-3-5-17(10)6-7-18(9)11(19)8-12(2,20)13(14,15)16/h3-5,9,20H,6-8H2,1-2H3. The van der Waals surface area contributed by atoms with E-state index in [9.17, 15) is 23.1 Å². The molecule has 2 unspecified atom stereocenters. The maximum atomic E-state index is 12.6. The lowest BCUT2D eigenvalue weighted by atomic mass is 9.99. The van der Waals surface area contributed by atoms with E-state index < -0.39 is 24.1 Å². The lowest BCUT2D eigenvalue weighted by Crippen LogP contribution is -2.49. The third-order valence-corrected chi connectivity index (χ3v) is 3.77. The summed E-state index contributed by atoms with van der Waals surface area (Å²) in [7, 11) is 0. The minimum atomic E-state index is -4.82. The minimum Gasteiger partial charge on any atom is -0.380 e. The Hall–Kier alpha value is -1.50. The van der Waals surface area contributed by atoms with Gasteiger partial charge in [0.05, 0.1) is 12.5 Å². The number of aromatic nitrogens is 1. The number of amides is 1. The molecule has 1 aromatic heterocycles. The van der Waals surface area contributed by atoms with Crippen LogP contribution < -0.4 is 0 Å². The van der Waals surface area contributed by atoms with Crippen molar-refractivity contribution in [2.75, 3.05) is 6.54 Å². The van der Waals surface area contributed by atoms with Crippen LogP contribution in [0.2, 0.25) is 0 Å². The summed E-state index contributed by atoms with van der Waals surface area (Å²) in [5, 5.41) is 9.42. The van der Waals surface area contributed by atoms with Gasteiger partial charge >= 0.3 is 6.18 Å². The molecule has 0 saturated carbocycles. The second-order valence-corrected chi connectivity index (χ2v) is 5.34. The van der Waals surface area contributed by atoms with E-state index >= 15 is 0 Å². The van der Waals surface area contributed by atoms with Crippen molar-refractivity contribution < 1.29 is 23.1 Å². The monoisotopic (exact) mass is 290 g/mol. The molecule has 1 amide bonds. The molecular formula is C13H17F3N2O2. The summed E-state index contributed by atoms with van der Waals surface area (Å²) in [6, 6.07) is 3.38. The lowest BCUT2D eigenvalue weighted by Gasteiger charge is -2.37. The highest BCUT2D eigenvalue weighted by Crippen LogP contribution is 2.34. The van der Waals surface area contributed by atoms with Gasteiger partial charge in [-0.2, -0.15) is 13.2 Å². The van der Waals surface area contributed by atoms with Crippen molar-refractivity contribution >= 4 is 5.91 Å². The average molecular weight is 290 g/mol. The van der Waals surface area contributed by atoms with E-state index in [1.807, 2.05) is 22.9 Å². The van der Waals surface area contributed by atoms with Crippen LogP contribution in [0.25, 0.3) is 0 Å². The quantitative estimate of drug-likeness (QED) is 0.906. The first-order valence-corrected chi connectivity index (χ1v) is 6.37. The van der Waals surface area contributed by atoms with Crippen molar-refractivity contribution in [3.8, 4) is 0 Å². The van der Waals surface area contributed by atoms with Crippen LogP contribution in [0, 0.1) is 0 Å². The summed E-state index contributed by atoms with van der Waals surface area (Å²) in [5.41, 5.74) is -2.11. The van der Waals surface area contributed by atoms with Crippen molar-refractivity contribution in [1.82, 2.24) is 9.47 Å². The van der Waals surface area contributed by atoms with Crippen LogP contribution in [-0.4, -0.2) is 38.8 Å². The molecule has 0 radical (unpaired) electrons. The highest BCUT2D eigenvalue weighted by atomic mass is 19.4. The summed E-state index contributed by atoms with van der Waals surface area (Å²) < 4.78 is 39.8. The Kier molecular flexibility index (Phi) is 3.58. The number of aliphatic hydroxyl groups is 1. The number of carbonyl (C=O) groups excluding carboxylic acids is 1. The van der Waals surface area contributed by atoms with E-state index in [4.69, 9.17) is 0 Å². The highest BCUT2D eigenvalue weighted by molar-refractivity contribution is 5.78. The Morgan fingerprint density at radius 2 is 2.10 bits per heavy atom. The maximum Gasteiger partial charge on any atom is 0.417 e. The smallest absolute Gasteiger partial charge is 0.380 e. The molecule has 4 nitrogen and oxygen atoms in total. The van der Waals surface area contributed by atoms with E-state index in [-0.39, 0.29) is 6.04 Å². The molecule has 1 aliphatic rings. The van der Waals surface area contributed by atoms with Gasteiger partial charge < -0.3 is 14.6 Å². The van der Waals surface area contributed by atoms with E-state index in [0.29, 0.717) is 20.0 Å². The molecule has 0 aromatic carbocycles. The Labute approximate surface area is 114 Å². The molecule has 1 aliphatic heterocycles. The van der Waals surface area contributed by atoms with Crippen LogP contribution in [0.15, 0.2) is 18.3 Å². The molecule has 2 atom stereocenters. The van der Waals surface area contributed by atoms with Gasteiger partial charge in [-0.3, -0.25) is 4.79 Å². The van der Waals surface area contributed by atoms with Gasteiger partial charge in [0.1, 0.15) is 0 Å². The summed E-state index contributed by atoms with van der Waals surface area (Å²) in [6.45, 7) is 3.29. The predicted molar refractivity (Wildman–Crippen MR) is 65.9 cm³/mol. The van der Waals surface area contributed by atoms with E-state index in [1.54, 1.807) is 6.92 Å². The number of carbonyl (C=O) groups is 1. The van der Waals surface area contributed by atoms with Gasteiger partial charge in [-0.15, -0.1) is 0 Å². The average Bonchev–Trinajstić information content (AvgIpc) is 2.75. The van der Waals surface area contributed by atoms with Crippen LogP contribution in [0.5, 0.6) is 0 Å². The number of nitrogens with zero attached hydrogens (tertiary/aromatic N) is 2. The van der Waals surface area contributed by atoms with Crippen LogP contribution in [0.1, 0.15) is 32.0 Å². The summed E-state index contributed by atoms with van der Waals surface area (Å²) in [5.74, 6) is -0.688. The first-order chi connectivity index (χ1) is 9.13. The Bertz CT molecular complexity index is 508. The first kappa shape index (κ1) is 14.9. The first-order valence-electron chi connectivity index (χ1n) is 6.37. The van der Waals surface area contributed by atoms with Gasteiger partial charge in [0, 0.05) is 25.0 Å². The van der Waals surface area contributed by atoms with Crippen molar-refractivity contribution in [1.29, 1.82) is 0 Å². The van der Waals surface area contributed by atoms with Crippen LogP contribution in [0.4, 0.5) is 13.2 Å². The van der Waals surface area contributed by atoms with Gasteiger partial charge in [-0.25, -0.2) is 0 Å². The van der Waals surface area contributed by atoms with Gasteiger partial charge in [-0.05, 0) is 26.0 Å². The van der Waals surface area contributed by atoms with Crippen molar-refractivity contribution in [3.63, 3.8) is 0 Å². The number of halogens is 3. The fraction of sp³-hybridized carbons (Fsp3) is 0.615. The van der Waals surface area contributed by atoms with Crippen LogP contribution in [0.3, 0.4) is 0 Å². The molecule has 112 valence electrons. The summed E-state index contributed by atoms with van der Waals surface area (Å²) in [6.07, 6.45) is -3.90. The number of hydrogen-bond acceptors (Lipinski definition) is 2. The van der Waals surface area contributed by atoms with Crippen molar-refractivity contribution in [3.05, 3.63) is 24.0 Å². The molecular weight excluding hydrogens is 273 g/mol. The molecule has 7 heteroatoms. The van der Waals surface area contributed by atoms with E-state index in [1.165, 1.54) is 4.90 Å². The minimum absolute atomic E-state index is 0.296. The molecule has 0 spiro atoms. The molecule has 2 heterocycles. The lowest BCUT2D eigenvalue weighted by molar-refractivity contribution is -0.254. The largest absolute Gasteiger partial charge is 0.417 e. The van der Waals surface area contributed by atoms with Crippen LogP contribution >= 0.6 is 0 Å². The summed E-state index contributed by atoms with van der Waals surface area (Å²) >= 11 is 0. The number of hydrogen-bond donors (Lipinski definition) is 1. The Morgan fingerprint density at radius 1 is 1.45 bits per heavy atom. The molecule has 20 heavy (non-hydrogen) atoms. The maximum absolute atomic E-state index is 12.6. The van der Waals surface area contributed by atoms with Gasteiger partial charge in [0.25, 0.3) is 0 Å². The number of alkyl halides is 3. The molecule has 0 saturated heterocycles. The third kappa shape index (κ3) is 2.54. The van der Waals surface area contributed by atoms with Gasteiger partial charge in [0.15, 0.2) is 5.60 Å². The van der Waals surface area contributed by atoms with Gasteiger partial charge in [-0.1, -0.05) is 0 Å². The molecule has 1 aromatic rings. The zero-order chi connectivity index (χ0) is 15.1. The molecule has 2 rings (SSSR count). The zero-order valence-corrected chi connectivity index (χ0v) is 11.3. The fourth-order valence-electron chi connectivity index (χ4n) is 2.42. The fourth-order valence-corrected chi connectivity index (χ4v) is 2.42. The summed E-state index contributed by atoms with van der Waals surface area (Å²) in [4.78, 5) is 13.4. The normalized spacial score (nSPS) is 22.3. The SMILES string of the molecule is CC1c2cccn2CCN1C(=O)CC(C)(O)C(F)(F)F. The molecule has 0 fully saturated rings. The molecule has 1 N–H and O–H groups in total. The highest BCUT2D eigenvalue weighted by Gasteiger charge is 2.51. The van der Waals surface area contributed by atoms with E-state index in [2.05, 4.69) is 0 Å². The van der Waals surface area contributed by atoms with Crippen molar-refractivity contribution in [2.24, 2.45) is 0 Å². The van der Waals surface area contributed by atoms with E-state index in [0.717, 1.165) is 5.69 Å². The van der Waals surface area contributed by atoms with Crippen molar-refractivity contribution in [2.45, 2.75) is 44.6 Å². The van der Waals surface area contributed by atoms with Crippen LogP contribution in [-0.2, 0) is 11.3 Å². The topological polar surface area (TPSA) is 45.5 Å². The number of rotatable bonds is 2. The zero-order valence-electron chi connectivity index (χ0n) is 11.3. The second-order valence-electron chi connectivity index (χ2n) is 5.34. The Balaban J connectivity index is 2.12. The molecule has 0 aliphatic carbocycles. The van der Waals surface area contributed by atoms with Gasteiger partial charge in [0.2, 0.25) is 5.91 Å². The Morgan fingerprint density at radius 3 is 2.70 bits per heavy atom. The molecule has 0 bridgehead atoms. The third-order valence-electron chi connectivity index (χ3n) is 3.77. The number of fused-ring (bicyclic) bond motifs is 1.